The van der Waals surface area contributed by atoms with Gasteiger partial charge in [0.1, 0.15) is 5.57 Å². The molecule has 1 N–H and O–H groups in total. The monoisotopic (exact) mass is 475 g/mol. The minimum atomic E-state index is -1.31. The van der Waals surface area contributed by atoms with Crippen molar-refractivity contribution in [2.75, 3.05) is 18.5 Å². The Kier molecular flexibility index (Phi) is 6.73. The van der Waals surface area contributed by atoms with Crippen LogP contribution in [-0.4, -0.2) is 36.8 Å². The molecule has 3 aromatic carbocycles. The molecular formula is C27H25NO7. The highest BCUT2D eigenvalue weighted by Gasteiger charge is 2.38. The van der Waals surface area contributed by atoms with Crippen LogP contribution in [0.5, 0.6) is 11.5 Å². The van der Waals surface area contributed by atoms with Crippen LogP contribution in [0.2, 0.25) is 0 Å². The maximum Gasteiger partial charge on any atom is 0.348 e. The van der Waals surface area contributed by atoms with Gasteiger partial charge in [0, 0.05) is 24.9 Å². The van der Waals surface area contributed by atoms with Crippen LogP contribution in [0.4, 0.5) is 5.69 Å². The molecule has 35 heavy (non-hydrogen) atoms. The molecule has 1 heterocycles. The van der Waals surface area contributed by atoms with Crippen molar-refractivity contribution in [2.45, 2.75) is 26.6 Å². The fourth-order valence-electron chi connectivity index (χ4n) is 3.61. The third-order valence-corrected chi connectivity index (χ3v) is 5.12. The number of cyclic esters (lactones) is 2. The molecule has 180 valence electrons. The second kappa shape index (κ2) is 9.89. The summed E-state index contributed by atoms with van der Waals surface area (Å²) in [4.78, 5) is 37.0. The normalized spacial score (nSPS) is 14.7. The number of hydrogen-bond donors (Lipinski definition) is 1. The van der Waals surface area contributed by atoms with E-state index in [9.17, 15) is 14.4 Å². The molecule has 0 unspecified atom stereocenters. The number of ether oxygens (including phenoxy) is 4. The number of fused-ring (bicyclic) bond motifs is 1. The van der Waals surface area contributed by atoms with E-state index in [4.69, 9.17) is 18.9 Å². The summed E-state index contributed by atoms with van der Waals surface area (Å²) in [5, 5.41) is 4.82. The maximum atomic E-state index is 12.6. The molecule has 8 heteroatoms. The van der Waals surface area contributed by atoms with Gasteiger partial charge in [0.25, 0.3) is 11.7 Å². The Balaban J connectivity index is 1.48. The molecule has 0 spiro atoms. The highest BCUT2D eigenvalue weighted by molar-refractivity contribution is 6.18. The van der Waals surface area contributed by atoms with Gasteiger partial charge in [-0.1, -0.05) is 42.5 Å². The molecule has 0 aliphatic carbocycles. The third-order valence-electron chi connectivity index (χ3n) is 5.12. The minimum Gasteiger partial charge on any atom is -0.490 e. The third kappa shape index (κ3) is 5.60. The molecule has 0 atom stereocenters. The summed E-state index contributed by atoms with van der Waals surface area (Å²) in [6, 6.07) is 18.3. The van der Waals surface area contributed by atoms with Crippen LogP contribution in [0.15, 0.2) is 66.2 Å². The van der Waals surface area contributed by atoms with Crippen molar-refractivity contribution in [1.82, 2.24) is 0 Å². The Morgan fingerprint density at radius 3 is 2.40 bits per heavy atom. The van der Waals surface area contributed by atoms with Gasteiger partial charge >= 0.3 is 11.9 Å². The van der Waals surface area contributed by atoms with Gasteiger partial charge in [0.05, 0.1) is 6.61 Å². The lowest BCUT2D eigenvalue weighted by Crippen LogP contribution is -2.41. The fourth-order valence-corrected chi connectivity index (χ4v) is 3.61. The molecule has 1 aliphatic heterocycles. The maximum absolute atomic E-state index is 12.6. The first-order chi connectivity index (χ1) is 16.8. The van der Waals surface area contributed by atoms with Gasteiger partial charge in [0.2, 0.25) is 0 Å². The predicted octanol–water partition coefficient (Wildman–Crippen LogP) is 4.48. The summed E-state index contributed by atoms with van der Waals surface area (Å²) in [6.07, 6.45) is 1.36. The number of rotatable bonds is 7. The summed E-state index contributed by atoms with van der Waals surface area (Å²) >= 11 is 0. The number of carbonyl (C=O) groups is 3. The highest BCUT2D eigenvalue weighted by Crippen LogP contribution is 2.31. The number of amides is 1. The van der Waals surface area contributed by atoms with Crippen LogP contribution >= 0.6 is 0 Å². The Morgan fingerprint density at radius 1 is 0.943 bits per heavy atom. The molecule has 4 rings (SSSR count). The Bertz CT molecular complexity index is 1300. The predicted molar refractivity (Wildman–Crippen MR) is 130 cm³/mol. The van der Waals surface area contributed by atoms with Gasteiger partial charge in [0.15, 0.2) is 18.1 Å². The van der Waals surface area contributed by atoms with Crippen molar-refractivity contribution in [3.8, 4) is 11.5 Å². The fraction of sp³-hybridized carbons (Fsp3) is 0.222. The van der Waals surface area contributed by atoms with E-state index in [0.717, 1.165) is 10.8 Å². The van der Waals surface area contributed by atoms with Gasteiger partial charge < -0.3 is 24.3 Å². The van der Waals surface area contributed by atoms with E-state index in [2.05, 4.69) is 5.32 Å². The summed E-state index contributed by atoms with van der Waals surface area (Å²) in [7, 11) is 0. The molecule has 1 aliphatic rings. The van der Waals surface area contributed by atoms with Crippen LogP contribution in [0.25, 0.3) is 16.8 Å². The van der Waals surface area contributed by atoms with Gasteiger partial charge in [-0.15, -0.1) is 0 Å². The van der Waals surface area contributed by atoms with Crippen molar-refractivity contribution < 1.29 is 33.3 Å². The topological polar surface area (TPSA) is 100 Å². The molecule has 0 aromatic heterocycles. The Morgan fingerprint density at radius 2 is 1.66 bits per heavy atom. The second-order valence-corrected chi connectivity index (χ2v) is 8.24. The van der Waals surface area contributed by atoms with Crippen molar-refractivity contribution in [3.63, 3.8) is 0 Å². The standard InChI is InChI=1S/C27H25NO7/c1-4-32-23-15-17(14-20-25(30)34-27(2,3)35-26(20)31)12-13-22(23)33-16-24(29)28-21-11-7-9-18-8-5-6-10-19(18)21/h5-15H,4,16H2,1-3H3,(H,28,29). The number of anilines is 1. The Hall–Kier alpha value is -4.33. The van der Waals surface area contributed by atoms with E-state index >= 15 is 0 Å². The van der Waals surface area contributed by atoms with Gasteiger partial charge in [-0.2, -0.15) is 0 Å². The van der Waals surface area contributed by atoms with E-state index < -0.39 is 17.7 Å². The first-order valence-electron chi connectivity index (χ1n) is 11.1. The lowest BCUT2D eigenvalue weighted by atomic mass is 10.1. The van der Waals surface area contributed by atoms with Gasteiger partial charge in [-0.05, 0) is 42.1 Å². The molecule has 0 saturated carbocycles. The molecular weight excluding hydrogens is 450 g/mol. The smallest absolute Gasteiger partial charge is 0.348 e. The van der Waals surface area contributed by atoms with Crippen LogP contribution in [0.1, 0.15) is 26.3 Å². The van der Waals surface area contributed by atoms with Crippen LogP contribution in [0.3, 0.4) is 0 Å². The van der Waals surface area contributed by atoms with E-state index in [1.54, 1.807) is 25.1 Å². The quantitative estimate of drug-likeness (QED) is 0.306. The van der Waals surface area contributed by atoms with E-state index in [1.165, 1.54) is 19.9 Å². The number of nitrogens with one attached hydrogen (secondary N) is 1. The lowest BCUT2D eigenvalue weighted by molar-refractivity contribution is -0.222. The average Bonchev–Trinajstić information content (AvgIpc) is 2.81. The van der Waals surface area contributed by atoms with Crippen molar-refractivity contribution in [3.05, 3.63) is 71.8 Å². The summed E-state index contributed by atoms with van der Waals surface area (Å²) in [5.74, 6) is -2.48. The van der Waals surface area contributed by atoms with Crippen LogP contribution in [0, 0.1) is 0 Å². The SMILES string of the molecule is CCOc1cc(C=C2C(=O)OC(C)(C)OC2=O)ccc1OCC(=O)Nc1cccc2ccccc12. The molecule has 1 amide bonds. The zero-order valence-electron chi connectivity index (χ0n) is 19.6. The molecule has 1 saturated heterocycles. The molecule has 0 bridgehead atoms. The van der Waals surface area contributed by atoms with E-state index in [0.29, 0.717) is 29.4 Å². The van der Waals surface area contributed by atoms with E-state index in [1.807, 2.05) is 42.5 Å². The van der Waals surface area contributed by atoms with E-state index in [-0.39, 0.29) is 18.1 Å². The summed E-state index contributed by atoms with van der Waals surface area (Å²) in [5.41, 5.74) is 0.970. The highest BCUT2D eigenvalue weighted by atomic mass is 16.7. The number of benzene rings is 3. The van der Waals surface area contributed by atoms with Crippen LogP contribution in [-0.2, 0) is 23.9 Å². The summed E-state index contributed by atoms with van der Waals surface area (Å²) in [6.45, 7) is 4.87. The zero-order valence-corrected chi connectivity index (χ0v) is 19.6. The van der Waals surface area contributed by atoms with Gasteiger partial charge in [-0.25, -0.2) is 9.59 Å². The minimum absolute atomic E-state index is 0.227. The Labute approximate surface area is 202 Å². The van der Waals surface area contributed by atoms with Crippen molar-refractivity contribution in [2.24, 2.45) is 0 Å². The zero-order chi connectivity index (χ0) is 25.0. The van der Waals surface area contributed by atoms with Crippen LogP contribution < -0.4 is 14.8 Å². The first-order valence-corrected chi connectivity index (χ1v) is 11.1. The number of esters is 2. The summed E-state index contributed by atoms with van der Waals surface area (Å²) < 4.78 is 21.6. The average molecular weight is 475 g/mol. The largest absolute Gasteiger partial charge is 0.490 e. The molecule has 8 nitrogen and oxygen atoms in total. The van der Waals surface area contributed by atoms with Crippen molar-refractivity contribution >= 4 is 40.4 Å². The van der Waals surface area contributed by atoms with Gasteiger partial charge in [-0.3, -0.25) is 4.79 Å². The number of hydrogen-bond acceptors (Lipinski definition) is 7. The molecule has 3 aromatic rings. The first kappa shape index (κ1) is 23.8. The lowest BCUT2D eigenvalue weighted by Gasteiger charge is -2.29. The van der Waals surface area contributed by atoms with Crippen molar-refractivity contribution in [1.29, 1.82) is 0 Å². The molecule has 1 fully saturated rings. The number of carbonyl (C=O) groups excluding carboxylic acids is 3. The molecule has 0 radical (unpaired) electrons. The second-order valence-electron chi connectivity index (χ2n) is 8.24.